The average molecular weight is 415 g/mol. The number of amides is 2. The molecule has 0 saturated carbocycles. The summed E-state index contributed by atoms with van der Waals surface area (Å²) in [5.74, 6) is 1.22. The quantitative estimate of drug-likeness (QED) is 0.813. The second kappa shape index (κ2) is 8.49. The van der Waals surface area contributed by atoms with Crippen LogP contribution in [-0.2, 0) is 16.0 Å². The van der Waals surface area contributed by atoms with Gasteiger partial charge in [-0.05, 0) is 43.6 Å². The molecule has 8 heteroatoms. The Morgan fingerprint density at radius 2 is 2.10 bits per heavy atom. The maximum absolute atomic E-state index is 12.8. The lowest BCUT2D eigenvalue weighted by atomic mass is 9.92. The van der Waals surface area contributed by atoms with Crippen molar-refractivity contribution in [1.29, 1.82) is 0 Å². The molecular weight excluding hydrogens is 388 g/mol. The molecule has 2 aliphatic heterocycles. The normalized spacial score (nSPS) is 19.0. The number of nitrogens with zero attached hydrogens (tertiary/aromatic N) is 3. The van der Waals surface area contributed by atoms with E-state index in [-0.39, 0.29) is 23.4 Å². The highest BCUT2D eigenvalue weighted by Crippen LogP contribution is 2.24. The molecule has 7 nitrogen and oxygen atoms in total. The van der Waals surface area contributed by atoms with Crippen molar-refractivity contribution in [3.8, 4) is 11.3 Å². The topological polar surface area (TPSA) is 86.4 Å². The van der Waals surface area contributed by atoms with Crippen molar-refractivity contribution in [3.63, 3.8) is 0 Å². The van der Waals surface area contributed by atoms with Crippen molar-refractivity contribution < 1.29 is 9.59 Å². The van der Waals surface area contributed by atoms with E-state index in [2.05, 4.69) is 9.97 Å². The van der Waals surface area contributed by atoms with Gasteiger partial charge in [0.25, 0.3) is 5.56 Å². The van der Waals surface area contributed by atoms with Gasteiger partial charge in [0.15, 0.2) is 0 Å². The molecule has 1 unspecified atom stereocenters. The van der Waals surface area contributed by atoms with Crippen LogP contribution in [-0.4, -0.2) is 57.3 Å². The van der Waals surface area contributed by atoms with E-state index in [0.29, 0.717) is 49.9 Å². The van der Waals surface area contributed by atoms with Gasteiger partial charge in [0.1, 0.15) is 11.9 Å². The number of hydrogen-bond donors (Lipinski definition) is 1. The van der Waals surface area contributed by atoms with E-state index < -0.39 is 0 Å². The molecule has 0 aliphatic carbocycles. The highest BCUT2D eigenvalue weighted by Gasteiger charge is 2.33. The van der Waals surface area contributed by atoms with Crippen LogP contribution in [0.4, 0.5) is 0 Å². The molecule has 0 radical (unpaired) electrons. The molecule has 0 spiro atoms. The molecule has 1 atom stereocenters. The number of nitrogens with one attached hydrogen (secondary N) is 1. The van der Waals surface area contributed by atoms with Gasteiger partial charge in [0.05, 0.1) is 5.69 Å². The summed E-state index contributed by atoms with van der Waals surface area (Å²) in [5, 5.41) is 3.96. The number of thiophene rings is 1. The number of likely N-dealkylation sites (tertiary alicyclic amines) is 2. The average Bonchev–Trinajstić information content (AvgIpc) is 3.39. The van der Waals surface area contributed by atoms with Gasteiger partial charge in [-0.15, -0.1) is 0 Å². The number of aromatic amines is 1. The third-order valence-electron chi connectivity index (χ3n) is 5.95. The van der Waals surface area contributed by atoms with Gasteiger partial charge in [-0.1, -0.05) is 0 Å². The van der Waals surface area contributed by atoms with Gasteiger partial charge in [-0.2, -0.15) is 11.3 Å². The van der Waals surface area contributed by atoms with E-state index in [4.69, 9.17) is 0 Å². The summed E-state index contributed by atoms with van der Waals surface area (Å²) in [6.45, 7) is 3.89. The largest absolute Gasteiger partial charge is 0.341 e. The molecule has 2 amide bonds. The summed E-state index contributed by atoms with van der Waals surface area (Å²) < 4.78 is 0. The molecule has 0 aromatic carbocycles. The van der Waals surface area contributed by atoms with Crippen LogP contribution in [0.5, 0.6) is 0 Å². The minimum Gasteiger partial charge on any atom is -0.341 e. The van der Waals surface area contributed by atoms with Crippen LogP contribution in [0.1, 0.15) is 38.4 Å². The van der Waals surface area contributed by atoms with Gasteiger partial charge in [0.2, 0.25) is 11.8 Å². The summed E-state index contributed by atoms with van der Waals surface area (Å²) in [6.07, 6.45) is 3.84. The molecule has 2 saturated heterocycles. The van der Waals surface area contributed by atoms with Crippen molar-refractivity contribution in [3.05, 3.63) is 39.1 Å². The number of carbonyl (C=O) groups excluding carboxylic acids is 2. The predicted molar refractivity (Wildman–Crippen MR) is 112 cm³/mol. The maximum atomic E-state index is 12.8. The Morgan fingerprint density at radius 3 is 2.76 bits per heavy atom. The Labute approximate surface area is 173 Å². The molecule has 29 heavy (non-hydrogen) atoms. The zero-order chi connectivity index (χ0) is 20.4. The number of H-pyrrole nitrogens is 1. The zero-order valence-corrected chi connectivity index (χ0v) is 17.4. The molecule has 1 N–H and O–H groups in total. The fourth-order valence-corrected chi connectivity index (χ4v) is 4.92. The molecule has 4 heterocycles. The third-order valence-corrected chi connectivity index (χ3v) is 6.63. The monoisotopic (exact) mass is 414 g/mol. The lowest BCUT2D eigenvalue weighted by molar-refractivity contribution is -0.143. The second-order valence-electron chi connectivity index (χ2n) is 7.93. The van der Waals surface area contributed by atoms with Crippen LogP contribution >= 0.6 is 11.3 Å². The van der Waals surface area contributed by atoms with Crippen LogP contribution in [0.15, 0.2) is 27.7 Å². The summed E-state index contributed by atoms with van der Waals surface area (Å²) >= 11 is 1.58. The Morgan fingerprint density at radius 1 is 1.31 bits per heavy atom. The summed E-state index contributed by atoms with van der Waals surface area (Å²) in [7, 11) is 0. The zero-order valence-electron chi connectivity index (χ0n) is 16.6. The highest BCUT2D eigenvalue weighted by molar-refractivity contribution is 7.08. The van der Waals surface area contributed by atoms with E-state index >= 15 is 0 Å². The Balaban J connectivity index is 1.35. The Hall–Kier alpha value is -2.48. The van der Waals surface area contributed by atoms with Gasteiger partial charge < -0.3 is 14.8 Å². The van der Waals surface area contributed by atoms with E-state index in [1.54, 1.807) is 16.2 Å². The molecule has 2 aromatic rings. The van der Waals surface area contributed by atoms with Crippen LogP contribution in [0.3, 0.4) is 0 Å². The molecule has 2 aliphatic rings. The fourth-order valence-electron chi connectivity index (χ4n) is 4.27. The summed E-state index contributed by atoms with van der Waals surface area (Å²) in [6, 6.07) is 3.13. The molecule has 2 aromatic heterocycles. The minimum atomic E-state index is -0.373. The van der Waals surface area contributed by atoms with Crippen molar-refractivity contribution in [2.45, 2.75) is 45.1 Å². The first-order valence-electron chi connectivity index (χ1n) is 10.2. The standard InChI is InChI=1S/C21H26N4O3S/c1-14(25-7-2-3-20(25)27)21(28)24-8-4-15(5-9-24)11-18-22-17(12-19(26)23-18)16-6-10-29-13-16/h6,10,12-15H,2-5,7-9,11H2,1H3,(H,22,23,26). The molecule has 4 rings (SSSR count). The maximum Gasteiger partial charge on any atom is 0.251 e. The van der Waals surface area contributed by atoms with E-state index in [9.17, 15) is 14.4 Å². The molecule has 0 bridgehead atoms. The van der Waals surface area contributed by atoms with Crippen molar-refractivity contribution in [2.75, 3.05) is 19.6 Å². The van der Waals surface area contributed by atoms with Crippen LogP contribution < -0.4 is 5.56 Å². The molecule has 154 valence electrons. The number of rotatable bonds is 5. The van der Waals surface area contributed by atoms with E-state index in [1.165, 1.54) is 6.07 Å². The van der Waals surface area contributed by atoms with E-state index in [0.717, 1.165) is 24.8 Å². The molecular formula is C21H26N4O3S. The fraction of sp³-hybridized carbons (Fsp3) is 0.524. The van der Waals surface area contributed by atoms with Crippen LogP contribution in [0.2, 0.25) is 0 Å². The van der Waals surface area contributed by atoms with E-state index in [1.807, 2.05) is 28.7 Å². The van der Waals surface area contributed by atoms with Crippen LogP contribution in [0.25, 0.3) is 11.3 Å². The van der Waals surface area contributed by atoms with Crippen molar-refractivity contribution in [2.24, 2.45) is 5.92 Å². The summed E-state index contributed by atoms with van der Waals surface area (Å²) in [5.41, 5.74) is 1.54. The molecule has 2 fully saturated rings. The number of hydrogen-bond acceptors (Lipinski definition) is 5. The van der Waals surface area contributed by atoms with Gasteiger partial charge >= 0.3 is 0 Å². The SMILES string of the molecule is CC(C(=O)N1CCC(Cc2nc(-c3ccsc3)cc(=O)[nH]2)CC1)N1CCCC1=O. The predicted octanol–water partition coefficient (Wildman–Crippen LogP) is 2.29. The first-order chi connectivity index (χ1) is 14.0. The summed E-state index contributed by atoms with van der Waals surface area (Å²) in [4.78, 5) is 47.8. The number of piperidine rings is 1. The Kier molecular flexibility index (Phi) is 5.80. The second-order valence-corrected chi connectivity index (χ2v) is 8.71. The first-order valence-corrected chi connectivity index (χ1v) is 11.2. The number of carbonyl (C=O) groups is 2. The minimum absolute atomic E-state index is 0.0460. The third kappa shape index (κ3) is 4.42. The lowest BCUT2D eigenvalue weighted by Crippen LogP contribution is -2.50. The van der Waals surface area contributed by atoms with Gasteiger partial charge in [-0.25, -0.2) is 4.98 Å². The number of aromatic nitrogens is 2. The van der Waals surface area contributed by atoms with Gasteiger partial charge in [-0.3, -0.25) is 14.4 Å². The highest BCUT2D eigenvalue weighted by atomic mass is 32.1. The van der Waals surface area contributed by atoms with Gasteiger partial charge in [0, 0.05) is 49.5 Å². The van der Waals surface area contributed by atoms with Crippen molar-refractivity contribution in [1.82, 2.24) is 19.8 Å². The Bertz CT molecular complexity index is 932. The van der Waals surface area contributed by atoms with Crippen LogP contribution in [0, 0.1) is 5.92 Å². The van der Waals surface area contributed by atoms with Crippen molar-refractivity contribution >= 4 is 23.2 Å². The lowest BCUT2D eigenvalue weighted by Gasteiger charge is -2.35. The first kappa shape index (κ1) is 19.8. The smallest absolute Gasteiger partial charge is 0.251 e.